The zero-order chi connectivity index (χ0) is 11.6. The first-order valence-electron chi connectivity index (χ1n) is 4.13. The summed E-state index contributed by atoms with van der Waals surface area (Å²) in [4.78, 5) is 0. The third kappa shape index (κ3) is 2.63. The number of hydrogen-bond acceptors (Lipinski definition) is 5. The molecule has 0 saturated carbocycles. The van der Waals surface area contributed by atoms with Crippen LogP contribution >= 0.6 is 15.9 Å². The van der Waals surface area contributed by atoms with Crippen molar-refractivity contribution in [2.24, 2.45) is 0 Å². The van der Waals surface area contributed by atoms with Crippen LogP contribution in [-0.4, -0.2) is 36.0 Å². The van der Waals surface area contributed by atoms with Crippen LogP contribution in [-0.2, 0) is 0 Å². The van der Waals surface area contributed by atoms with Crippen molar-refractivity contribution in [3.05, 3.63) is 16.6 Å². The van der Waals surface area contributed by atoms with Crippen LogP contribution in [0.1, 0.15) is 0 Å². The quantitative estimate of drug-likeness (QED) is 0.655. The minimum Gasteiger partial charge on any atom is -0.556 e. The molecule has 7 heteroatoms. The molecule has 1 rings (SSSR count). The third-order valence-electron chi connectivity index (χ3n) is 1.92. The van der Waals surface area contributed by atoms with Crippen molar-refractivity contribution >= 4 is 28.1 Å². The third-order valence-corrected chi connectivity index (χ3v) is 2.54. The number of ether oxygens (including phenoxy) is 2. The van der Waals surface area contributed by atoms with E-state index in [1.54, 1.807) is 0 Å². The normalized spacial score (nSPS) is 11.3. The summed E-state index contributed by atoms with van der Waals surface area (Å²) in [5.41, 5.74) is -0.127. The SMILES string of the molecule is COc1cc([B-](O)(O)O)c(OC)cc1Br. The van der Waals surface area contributed by atoms with Gasteiger partial charge in [-0.25, -0.2) is 0 Å². The lowest BCUT2D eigenvalue weighted by atomic mass is 9.70. The van der Waals surface area contributed by atoms with Crippen molar-refractivity contribution in [3.8, 4) is 11.5 Å². The largest absolute Gasteiger partial charge is 0.556 e. The Morgan fingerprint density at radius 1 is 1.07 bits per heavy atom. The molecule has 0 aliphatic rings. The Bertz CT molecular complexity index is 363. The zero-order valence-corrected chi connectivity index (χ0v) is 9.85. The van der Waals surface area contributed by atoms with E-state index < -0.39 is 6.75 Å². The Kier molecular flexibility index (Phi) is 3.61. The highest BCUT2D eigenvalue weighted by Gasteiger charge is 2.24. The van der Waals surface area contributed by atoms with E-state index in [1.807, 2.05) is 0 Å². The van der Waals surface area contributed by atoms with Gasteiger partial charge < -0.3 is 24.5 Å². The molecule has 1 aromatic rings. The molecule has 0 radical (unpaired) electrons. The first-order valence-corrected chi connectivity index (χ1v) is 4.92. The van der Waals surface area contributed by atoms with E-state index in [2.05, 4.69) is 15.9 Å². The Hall–Kier alpha value is -0.755. The van der Waals surface area contributed by atoms with Crippen molar-refractivity contribution in [1.82, 2.24) is 0 Å². The molecule has 0 unspecified atom stereocenters. The summed E-state index contributed by atoms with van der Waals surface area (Å²) in [5, 5.41) is 27.4. The van der Waals surface area contributed by atoms with Gasteiger partial charge in [0.05, 0.1) is 24.4 Å². The van der Waals surface area contributed by atoms with E-state index in [0.29, 0.717) is 10.2 Å². The summed E-state index contributed by atoms with van der Waals surface area (Å²) in [6.07, 6.45) is 0. The van der Waals surface area contributed by atoms with Crippen LogP contribution in [0.25, 0.3) is 0 Å². The maximum Gasteiger partial charge on any atom is 0.406 e. The Morgan fingerprint density at radius 2 is 1.60 bits per heavy atom. The van der Waals surface area contributed by atoms with E-state index in [9.17, 15) is 0 Å². The lowest BCUT2D eigenvalue weighted by Crippen LogP contribution is -2.49. The molecule has 0 aliphatic heterocycles. The number of rotatable bonds is 3. The number of halogens is 1. The van der Waals surface area contributed by atoms with Gasteiger partial charge in [0.1, 0.15) is 5.75 Å². The maximum absolute atomic E-state index is 9.13. The topological polar surface area (TPSA) is 79.2 Å². The van der Waals surface area contributed by atoms with Gasteiger partial charge in [0.15, 0.2) is 0 Å². The summed E-state index contributed by atoms with van der Waals surface area (Å²) in [6.45, 7) is -3.61. The fourth-order valence-corrected chi connectivity index (χ4v) is 1.67. The lowest BCUT2D eigenvalue weighted by Gasteiger charge is -2.25. The molecule has 0 spiro atoms. The summed E-state index contributed by atoms with van der Waals surface area (Å²) >= 11 is 3.21. The molecule has 1 aromatic carbocycles. The van der Waals surface area contributed by atoms with Gasteiger partial charge in [0, 0.05) is 0 Å². The molecule has 3 N–H and O–H groups in total. The zero-order valence-electron chi connectivity index (χ0n) is 8.27. The van der Waals surface area contributed by atoms with E-state index >= 15 is 0 Å². The van der Waals surface area contributed by atoms with Gasteiger partial charge >= 0.3 is 6.75 Å². The Balaban J connectivity index is 3.36. The molecule has 0 saturated heterocycles. The number of hydrogen-bond donors (Lipinski definition) is 3. The molecule has 0 fully saturated rings. The highest BCUT2D eigenvalue weighted by atomic mass is 79.9. The van der Waals surface area contributed by atoms with Gasteiger partial charge in [-0.1, -0.05) is 5.46 Å². The van der Waals surface area contributed by atoms with Crippen LogP contribution in [0.4, 0.5) is 0 Å². The van der Waals surface area contributed by atoms with Gasteiger partial charge in [0.25, 0.3) is 0 Å². The van der Waals surface area contributed by atoms with Gasteiger partial charge in [0.2, 0.25) is 0 Å². The van der Waals surface area contributed by atoms with Crippen LogP contribution < -0.4 is 14.9 Å². The molecule has 5 nitrogen and oxygen atoms in total. The molecule has 84 valence electrons. The smallest absolute Gasteiger partial charge is 0.406 e. The minimum absolute atomic E-state index is 0.127. The fourth-order valence-electron chi connectivity index (χ4n) is 1.19. The van der Waals surface area contributed by atoms with Crippen LogP contribution in [0.5, 0.6) is 11.5 Å². The monoisotopic (exact) mass is 277 g/mol. The van der Waals surface area contributed by atoms with Crippen molar-refractivity contribution in [1.29, 1.82) is 0 Å². The molecule has 0 atom stereocenters. The second-order valence-corrected chi connectivity index (χ2v) is 3.82. The number of benzene rings is 1. The predicted octanol–water partition coefficient (Wildman–Crippen LogP) is -0.411. The summed E-state index contributed by atoms with van der Waals surface area (Å²) in [7, 11) is 2.79. The first kappa shape index (κ1) is 12.3. The molecule has 15 heavy (non-hydrogen) atoms. The maximum atomic E-state index is 9.13. The van der Waals surface area contributed by atoms with Crippen molar-refractivity contribution in [2.75, 3.05) is 14.2 Å². The van der Waals surface area contributed by atoms with Gasteiger partial charge in [-0.2, -0.15) is 0 Å². The van der Waals surface area contributed by atoms with Crippen LogP contribution in [0, 0.1) is 0 Å². The highest BCUT2D eigenvalue weighted by molar-refractivity contribution is 9.10. The molecule has 0 aliphatic carbocycles. The van der Waals surface area contributed by atoms with Crippen LogP contribution in [0.3, 0.4) is 0 Å². The molecule has 0 amide bonds. The van der Waals surface area contributed by atoms with Crippen LogP contribution in [0.2, 0.25) is 0 Å². The molecular weight excluding hydrogens is 267 g/mol. The van der Waals surface area contributed by atoms with Gasteiger partial charge in [-0.05, 0) is 28.1 Å². The Morgan fingerprint density at radius 3 is 2.00 bits per heavy atom. The van der Waals surface area contributed by atoms with Crippen molar-refractivity contribution in [3.63, 3.8) is 0 Å². The molecule has 0 heterocycles. The highest BCUT2D eigenvalue weighted by Crippen LogP contribution is 2.28. The average molecular weight is 278 g/mol. The van der Waals surface area contributed by atoms with Gasteiger partial charge in [-0.15, -0.1) is 0 Å². The molecule has 0 bridgehead atoms. The second-order valence-electron chi connectivity index (χ2n) is 2.96. The van der Waals surface area contributed by atoms with Crippen molar-refractivity contribution < 1.29 is 24.5 Å². The van der Waals surface area contributed by atoms with Crippen molar-refractivity contribution in [2.45, 2.75) is 0 Å². The predicted molar refractivity (Wildman–Crippen MR) is 59.3 cm³/mol. The summed E-state index contributed by atoms with van der Waals surface area (Å²) < 4.78 is 10.4. The Labute approximate surface area is 95.4 Å². The molecular formula is C8H11BBrO5-. The van der Waals surface area contributed by atoms with E-state index in [-0.39, 0.29) is 11.2 Å². The standard InChI is InChI=1S/C8H11BBrO5/c1-14-7-4-6(10)8(15-2)3-5(7)9(11,12)13/h3-4,11-13H,1-2H3/q-1. The number of methoxy groups -OCH3 is 2. The molecule has 0 aromatic heterocycles. The summed E-state index contributed by atoms with van der Waals surface area (Å²) in [6, 6.07) is 2.77. The van der Waals surface area contributed by atoms with Gasteiger partial charge in [-0.3, -0.25) is 0 Å². The van der Waals surface area contributed by atoms with E-state index in [1.165, 1.54) is 26.4 Å². The first-order chi connectivity index (χ1) is 6.90. The minimum atomic E-state index is -3.61. The summed E-state index contributed by atoms with van der Waals surface area (Å²) in [5.74, 6) is 0.532. The second kappa shape index (κ2) is 4.40. The average Bonchev–Trinajstić information content (AvgIpc) is 2.15. The fraction of sp³-hybridized carbons (Fsp3) is 0.250. The van der Waals surface area contributed by atoms with E-state index in [0.717, 1.165) is 0 Å². The lowest BCUT2D eigenvalue weighted by molar-refractivity contribution is 0.247. The van der Waals surface area contributed by atoms with E-state index in [4.69, 9.17) is 24.5 Å². The van der Waals surface area contributed by atoms with Crippen LogP contribution in [0.15, 0.2) is 16.6 Å².